The maximum atomic E-state index is 13.0. The standard InChI is InChI=1S/C9H8F4O/c1-5-2-6(10)8(7(11)3-5)9(12,13)4-14/h2-3,14H,4H2,1H3. The van der Waals surface area contributed by atoms with E-state index in [1.165, 1.54) is 6.92 Å². The van der Waals surface area contributed by atoms with E-state index in [-0.39, 0.29) is 5.56 Å². The summed E-state index contributed by atoms with van der Waals surface area (Å²) in [5.41, 5.74) is -1.18. The van der Waals surface area contributed by atoms with Crippen LogP contribution in [0.1, 0.15) is 11.1 Å². The van der Waals surface area contributed by atoms with Gasteiger partial charge in [-0.3, -0.25) is 0 Å². The lowest BCUT2D eigenvalue weighted by atomic mass is 10.1. The third-order valence-corrected chi connectivity index (χ3v) is 1.75. The number of benzene rings is 1. The minimum Gasteiger partial charge on any atom is -0.390 e. The summed E-state index contributed by atoms with van der Waals surface area (Å²) >= 11 is 0. The number of aryl methyl sites for hydroxylation is 1. The van der Waals surface area contributed by atoms with Gasteiger partial charge in [-0.15, -0.1) is 0 Å². The van der Waals surface area contributed by atoms with Gasteiger partial charge >= 0.3 is 5.92 Å². The maximum Gasteiger partial charge on any atom is 0.301 e. The minimum absolute atomic E-state index is 0.206. The molecule has 0 saturated carbocycles. The number of aliphatic hydroxyl groups excluding tert-OH is 1. The Morgan fingerprint density at radius 2 is 1.64 bits per heavy atom. The van der Waals surface area contributed by atoms with Gasteiger partial charge in [0.1, 0.15) is 18.2 Å². The number of hydrogen-bond donors (Lipinski definition) is 1. The predicted molar refractivity (Wildman–Crippen MR) is 42.1 cm³/mol. The normalized spacial score (nSPS) is 11.9. The highest BCUT2D eigenvalue weighted by Gasteiger charge is 2.37. The van der Waals surface area contributed by atoms with Crippen LogP contribution < -0.4 is 0 Å². The first-order chi connectivity index (χ1) is 6.38. The van der Waals surface area contributed by atoms with Gasteiger partial charge in [-0.25, -0.2) is 8.78 Å². The fourth-order valence-electron chi connectivity index (χ4n) is 1.13. The summed E-state index contributed by atoms with van der Waals surface area (Å²) in [6.07, 6.45) is 0. The molecule has 0 radical (unpaired) electrons. The smallest absolute Gasteiger partial charge is 0.301 e. The second-order valence-electron chi connectivity index (χ2n) is 2.97. The van der Waals surface area contributed by atoms with Crippen molar-refractivity contribution in [2.45, 2.75) is 12.8 Å². The molecular weight excluding hydrogens is 200 g/mol. The molecule has 1 N–H and O–H groups in total. The van der Waals surface area contributed by atoms with E-state index in [0.29, 0.717) is 0 Å². The highest BCUT2D eigenvalue weighted by molar-refractivity contribution is 5.28. The second-order valence-corrected chi connectivity index (χ2v) is 2.97. The lowest BCUT2D eigenvalue weighted by Gasteiger charge is -2.15. The number of hydrogen-bond acceptors (Lipinski definition) is 1. The third kappa shape index (κ3) is 1.87. The van der Waals surface area contributed by atoms with E-state index in [2.05, 4.69) is 0 Å². The Balaban J connectivity index is 3.35. The van der Waals surface area contributed by atoms with E-state index in [1.807, 2.05) is 0 Å². The lowest BCUT2D eigenvalue weighted by Crippen LogP contribution is -2.22. The molecule has 0 amide bonds. The third-order valence-electron chi connectivity index (χ3n) is 1.75. The Morgan fingerprint density at radius 3 is 2.00 bits per heavy atom. The molecule has 5 heteroatoms. The van der Waals surface area contributed by atoms with Gasteiger partial charge in [0.05, 0.1) is 5.56 Å². The van der Waals surface area contributed by atoms with Crippen LogP contribution in [0.15, 0.2) is 12.1 Å². The van der Waals surface area contributed by atoms with Crippen molar-refractivity contribution < 1.29 is 22.7 Å². The summed E-state index contributed by atoms with van der Waals surface area (Å²) in [6, 6.07) is 1.59. The van der Waals surface area contributed by atoms with Crippen LogP contribution in [0.3, 0.4) is 0 Å². The summed E-state index contributed by atoms with van der Waals surface area (Å²) in [6.45, 7) is -0.239. The van der Waals surface area contributed by atoms with Gasteiger partial charge in [0.15, 0.2) is 0 Å². The summed E-state index contributed by atoms with van der Waals surface area (Å²) in [5.74, 6) is -6.58. The molecule has 0 fully saturated rings. The molecule has 1 aromatic rings. The van der Waals surface area contributed by atoms with Crippen LogP contribution >= 0.6 is 0 Å². The van der Waals surface area contributed by atoms with E-state index in [4.69, 9.17) is 5.11 Å². The molecule has 0 aliphatic heterocycles. The van der Waals surface area contributed by atoms with Crippen molar-refractivity contribution in [3.8, 4) is 0 Å². The van der Waals surface area contributed by atoms with E-state index in [1.54, 1.807) is 0 Å². The first-order valence-electron chi connectivity index (χ1n) is 3.83. The Labute approximate surface area is 78.0 Å². The number of aliphatic hydroxyl groups is 1. The average molecular weight is 208 g/mol. The van der Waals surface area contributed by atoms with Crippen molar-refractivity contribution in [1.82, 2.24) is 0 Å². The van der Waals surface area contributed by atoms with E-state index >= 15 is 0 Å². The molecule has 14 heavy (non-hydrogen) atoms. The average Bonchev–Trinajstić information content (AvgIpc) is 2.01. The maximum absolute atomic E-state index is 13.0. The second kappa shape index (κ2) is 3.57. The molecule has 0 aliphatic carbocycles. The highest BCUT2D eigenvalue weighted by atomic mass is 19.3. The highest BCUT2D eigenvalue weighted by Crippen LogP contribution is 2.32. The largest absolute Gasteiger partial charge is 0.390 e. The number of rotatable bonds is 2. The zero-order valence-corrected chi connectivity index (χ0v) is 7.32. The van der Waals surface area contributed by atoms with Crippen molar-refractivity contribution in [3.05, 3.63) is 34.9 Å². The summed E-state index contributed by atoms with van der Waals surface area (Å²) in [7, 11) is 0. The van der Waals surface area contributed by atoms with Crippen LogP contribution in [-0.2, 0) is 5.92 Å². The Bertz CT molecular complexity index is 326. The van der Waals surface area contributed by atoms with Crippen LogP contribution in [0.25, 0.3) is 0 Å². The van der Waals surface area contributed by atoms with E-state index < -0.39 is 29.7 Å². The fourth-order valence-corrected chi connectivity index (χ4v) is 1.13. The van der Waals surface area contributed by atoms with Gasteiger partial charge in [0.2, 0.25) is 0 Å². The summed E-state index contributed by atoms with van der Waals surface area (Å²) in [5, 5.41) is 8.28. The van der Waals surface area contributed by atoms with Crippen LogP contribution in [-0.4, -0.2) is 11.7 Å². The molecule has 0 unspecified atom stereocenters. The zero-order valence-electron chi connectivity index (χ0n) is 7.32. The molecule has 0 aromatic heterocycles. The molecule has 0 heterocycles. The quantitative estimate of drug-likeness (QED) is 0.739. The van der Waals surface area contributed by atoms with Crippen LogP contribution in [0.2, 0.25) is 0 Å². The molecular formula is C9H8F4O. The van der Waals surface area contributed by atoms with E-state index in [9.17, 15) is 17.6 Å². The first kappa shape index (κ1) is 11.0. The summed E-state index contributed by atoms with van der Waals surface area (Å²) in [4.78, 5) is 0. The van der Waals surface area contributed by atoms with E-state index in [0.717, 1.165) is 12.1 Å². The fraction of sp³-hybridized carbons (Fsp3) is 0.333. The Morgan fingerprint density at radius 1 is 1.21 bits per heavy atom. The summed E-state index contributed by atoms with van der Waals surface area (Å²) < 4.78 is 51.5. The molecule has 1 nitrogen and oxygen atoms in total. The Hall–Kier alpha value is -1.10. The number of alkyl halides is 2. The first-order valence-corrected chi connectivity index (χ1v) is 3.83. The van der Waals surface area contributed by atoms with Crippen molar-refractivity contribution in [1.29, 1.82) is 0 Å². The van der Waals surface area contributed by atoms with Gasteiger partial charge in [0, 0.05) is 0 Å². The monoisotopic (exact) mass is 208 g/mol. The van der Waals surface area contributed by atoms with Gasteiger partial charge in [-0.05, 0) is 24.6 Å². The van der Waals surface area contributed by atoms with Crippen molar-refractivity contribution in [2.75, 3.05) is 6.61 Å². The molecule has 0 saturated heterocycles. The number of halogens is 4. The molecule has 0 spiro atoms. The Kier molecular flexibility index (Phi) is 2.80. The van der Waals surface area contributed by atoms with Gasteiger partial charge in [-0.1, -0.05) is 0 Å². The molecule has 1 rings (SSSR count). The van der Waals surface area contributed by atoms with Crippen molar-refractivity contribution in [2.24, 2.45) is 0 Å². The molecule has 0 atom stereocenters. The van der Waals surface area contributed by atoms with Gasteiger partial charge in [-0.2, -0.15) is 8.78 Å². The predicted octanol–water partition coefficient (Wildman–Crippen LogP) is 2.36. The minimum atomic E-state index is -3.89. The van der Waals surface area contributed by atoms with Crippen molar-refractivity contribution >= 4 is 0 Å². The lowest BCUT2D eigenvalue weighted by molar-refractivity contribution is -0.0610. The topological polar surface area (TPSA) is 20.2 Å². The van der Waals surface area contributed by atoms with Gasteiger partial charge in [0.25, 0.3) is 0 Å². The van der Waals surface area contributed by atoms with Crippen molar-refractivity contribution in [3.63, 3.8) is 0 Å². The molecule has 0 bridgehead atoms. The molecule has 0 aliphatic rings. The van der Waals surface area contributed by atoms with Crippen LogP contribution in [0.4, 0.5) is 17.6 Å². The molecule has 78 valence electrons. The van der Waals surface area contributed by atoms with Gasteiger partial charge < -0.3 is 5.11 Å². The zero-order chi connectivity index (χ0) is 10.9. The SMILES string of the molecule is Cc1cc(F)c(C(F)(F)CO)c(F)c1. The molecule has 1 aromatic carbocycles. The van der Waals surface area contributed by atoms with Crippen LogP contribution in [0, 0.1) is 18.6 Å². The van der Waals surface area contributed by atoms with Crippen LogP contribution in [0.5, 0.6) is 0 Å².